The van der Waals surface area contributed by atoms with Crippen molar-refractivity contribution in [1.82, 2.24) is 10.2 Å². The summed E-state index contributed by atoms with van der Waals surface area (Å²) in [5.41, 5.74) is 2.82. The van der Waals surface area contributed by atoms with Crippen molar-refractivity contribution in [3.05, 3.63) is 65.7 Å². The minimum atomic E-state index is -0.406. The van der Waals surface area contributed by atoms with E-state index in [1.807, 2.05) is 61.5 Å². The zero-order valence-electron chi connectivity index (χ0n) is 18.6. The first-order chi connectivity index (χ1) is 15.4. The Kier molecular flexibility index (Phi) is 6.74. The fourth-order valence-electron chi connectivity index (χ4n) is 3.81. The smallest absolute Gasteiger partial charge is 0.259 e. The Morgan fingerprint density at radius 1 is 1.09 bits per heavy atom. The zero-order valence-corrected chi connectivity index (χ0v) is 19.4. The van der Waals surface area contributed by atoms with Crippen molar-refractivity contribution in [3.63, 3.8) is 0 Å². The average molecular weight is 449 g/mol. The van der Waals surface area contributed by atoms with E-state index in [1.54, 1.807) is 4.90 Å². The van der Waals surface area contributed by atoms with Gasteiger partial charge in [0.05, 0.1) is 10.9 Å². The lowest BCUT2D eigenvalue weighted by Gasteiger charge is -2.27. The van der Waals surface area contributed by atoms with Gasteiger partial charge in [0.1, 0.15) is 11.9 Å². The van der Waals surface area contributed by atoms with Gasteiger partial charge in [-0.2, -0.15) is 0 Å². The number of hydrogen-bond donors (Lipinski definition) is 1. The van der Waals surface area contributed by atoms with Crippen molar-refractivity contribution in [2.24, 2.45) is 15.9 Å². The van der Waals surface area contributed by atoms with Crippen molar-refractivity contribution in [3.8, 4) is 0 Å². The number of carbonyl (C=O) groups excluding carboxylic acids is 2. The first kappa shape index (κ1) is 22.3. The second-order valence-electron chi connectivity index (χ2n) is 8.47. The van der Waals surface area contributed by atoms with Gasteiger partial charge < -0.3 is 5.32 Å². The summed E-state index contributed by atoms with van der Waals surface area (Å²) in [6.45, 7) is 6.58. The van der Waals surface area contributed by atoms with E-state index in [2.05, 4.69) is 19.2 Å². The van der Waals surface area contributed by atoms with Crippen LogP contribution in [0.1, 0.15) is 38.3 Å². The van der Waals surface area contributed by atoms with E-state index in [9.17, 15) is 9.59 Å². The molecule has 2 aromatic rings. The van der Waals surface area contributed by atoms with Gasteiger partial charge in [-0.1, -0.05) is 68.1 Å². The summed E-state index contributed by atoms with van der Waals surface area (Å²) >= 11 is 1.30. The van der Waals surface area contributed by atoms with Crippen molar-refractivity contribution in [2.45, 2.75) is 44.9 Å². The minimum Gasteiger partial charge on any atom is -0.355 e. The number of rotatable bonds is 7. The largest absolute Gasteiger partial charge is 0.355 e. The Bertz CT molecular complexity index is 1060. The molecule has 2 aromatic carbocycles. The molecule has 4 rings (SSSR count). The highest BCUT2D eigenvalue weighted by atomic mass is 32.2. The number of carbonyl (C=O) groups is 2. The molecular formula is C25H28N4O2S. The molecule has 0 unspecified atom stereocenters. The van der Waals surface area contributed by atoms with Crippen LogP contribution in [0.25, 0.3) is 0 Å². The summed E-state index contributed by atoms with van der Waals surface area (Å²) in [6, 6.07) is 17.4. The molecule has 2 aliphatic rings. The lowest BCUT2D eigenvalue weighted by Crippen LogP contribution is -2.43. The number of aliphatic imine (C=N–C) groups is 2. The van der Waals surface area contributed by atoms with Gasteiger partial charge >= 0.3 is 0 Å². The third-order valence-electron chi connectivity index (χ3n) is 5.45. The number of para-hydroxylation sites is 1. The molecule has 32 heavy (non-hydrogen) atoms. The lowest BCUT2D eigenvalue weighted by atomic mass is 10.0. The normalized spacial score (nSPS) is 18.1. The van der Waals surface area contributed by atoms with Crippen LogP contribution in [-0.2, 0) is 16.0 Å². The number of hydrogen-bond acceptors (Lipinski definition) is 5. The maximum absolute atomic E-state index is 13.2. The predicted octanol–water partition coefficient (Wildman–Crippen LogP) is 4.17. The Balaban J connectivity index is 1.47. The zero-order chi connectivity index (χ0) is 22.7. The molecule has 0 bridgehead atoms. The van der Waals surface area contributed by atoms with Gasteiger partial charge in [-0.05, 0) is 43.4 Å². The van der Waals surface area contributed by atoms with Crippen LogP contribution in [0.5, 0.6) is 0 Å². The van der Waals surface area contributed by atoms with Crippen LogP contribution in [0.2, 0.25) is 0 Å². The van der Waals surface area contributed by atoms with E-state index in [1.165, 1.54) is 17.3 Å². The molecular weight excluding hydrogens is 420 g/mol. The number of benzene rings is 2. The monoisotopic (exact) mass is 448 g/mol. The van der Waals surface area contributed by atoms with Crippen LogP contribution >= 0.6 is 11.8 Å². The number of thioether (sulfide) groups is 1. The molecule has 0 spiro atoms. The SMILES string of the molecule is CC(C)C[C@H]1N=C2c3ccccc3N=C(S[C@H](C)C(=O)NCCc3ccccc3)N2C1=O. The molecule has 1 N–H and O–H groups in total. The van der Waals surface area contributed by atoms with Crippen LogP contribution in [0.3, 0.4) is 0 Å². The van der Waals surface area contributed by atoms with E-state index < -0.39 is 11.3 Å². The topological polar surface area (TPSA) is 74.1 Å². The van der Waals surface area contributed by atoms with E-state index in [-0.39, 0.29) is 11.8 Å². The van der Waals surface area contributed by atoms with Crippen LogP contribution in [0.15, 0.2) is 64.6 Å². The number of nitrogens with one attached hydrogen (secondary N) is 1. The molecule has 0 saturated heterocycles. The molecule has 2 aliphatic heterocycles. The van der Waals surface area contributed by atoms with E-state index in [0.29, 0.717) is 29.9 Å². The molecule has 2 amide bonds. The van der Waals surface area contributed by atoms with Gasteiger partial charge in [-0.25, -0.2) is 9.89 Å². The molecule has 0 aliphatic carbocycles. The van der Waals surface area contributed by atoms with Crippen LogP contribution < -0.4 is 5.32 Å². The summed E-state index contributed by atoms with van der Waals surface area (Å²) in [5.74, 6) is 0.861. The fraction of sp³-hybridized carbons (Fsp3) is 0.360. The van der Waals surface area contributed by atoms with Gasteiger partial charge in [0.25, 0.3) is 5.91 Å². The van der Waals surface area contributed by atoms with Gasteiger partial charge in [0, 0.05) is 12.1 Å². The second-order valence-corrected chi connectivity index (χ2v) is 9.78. The highest BCUT2D eigenvalue weighted by Gasteiger charge is 2.42. The summed E-state index contributed by atoms with van der Waals surface area (Å²) in [6.07, 6.45) is 1.46. The van der Waals surface area contributed by atoms with Gasteiger partial charge in [-0.3, -0.25) is 14.6 Å². The summed E-state index contributed by atoms with van der Waals surface area (Å²) in [5, 5.41) is 3.12. The molecule has 2 heterocycles. The quantitative estimate of drug-likeness (QED) is 0.691. The molecule has 7 heteroatoms. The molecule has 0 saturated carbocycles. The molecule has 166 valence electrons. The Hall–Kier alpha value is -2.93. The number of amidine groups is 2. The molecule has 0 fully saturated rings. The maximum atomic E-state index is 13.2. The number of amides is 2. The van der Waals surface area contributed by atoms with E-state index >= 15 is 0 Å². The summed E-state index contributed by atoms with van der Waals surface area (Å²) in [4.78, 5) is 37.0. The van der Waals surface area contributed by atoms with Gasteiger partial charge in [0.2, 0.25) is 5.91 Å². The maximum Gasteiger partial charge on any atom is 0.259 e. The van der Waals surface area contributed by atoms with Gasteiger partial charge in [0.15, 0.2) is 5.17 Å². The van der Waals surface area contributed by atoms with Gasteiger partial charge in [-0.15, -0.1) is 0 Å². The number of nitrogens with zero attached hydrogens (tertiary/aromatic N) is 3. The van der Waals surface area contributed by atoms with Crippen LogP contribution in [0.4, 0.5) is 5.69 Å². The molecule has 0 radical (unpaired) electrons. The van der Waals surface area contributed by atoms with E-state index in [0.717, 1.165) is 17.7 Å². The molecule has 0 aromatic heterocycles. The fourth-order valence-corrected chi connectivity index (χ4v) is 4.75. The standard InChI is InChI=1S/C25H28N4O2S/c1-16(2)15-21-24(31)29-22(27-21)19-11-7-8-12-20(19)28-25(29)32-17(3)23(30)26-14-13-18-9-5-4-6-10-18/h4-12,16-17,21H,13-15H2,1-3H3,(H,26,30)/t17-,21-/m1/s1. The Morgan fingerprint density at radius 3 is 2.56 bits per heavy atom. The van der Waals surface area contributed by atoms with Crippen LogP contribution in [-0.4, -0.2) is 45.6 Å². The molecule has 2 atom stereocenters. The first-order valence-corrected chi connectivity index (χ1v) is 11.9. The van der Waals surface area contributed by atoms with E-state index in [4.69, 9.17) is 9.98 Å². The van der Waals surface area contributed by atoms with Crippen molar-refractivity contribution in [2.75, 3.05) is 6.54 Å². The van der Waals surface area contributed by atoms with Crippen molar-refractivity contribution in [1.29, 1.82) is 0 Å². The Labute approximate surface area is 193 Å². The highest BCUT2D eigenvalue weighted by molar-refractivity contribution is 8.15. The first-order valence-electron chi connectivity index (χ1n) is 11.0. The van der Waals surface area contributed by atoms with Crippen molar-refractivity contribution >= 4 is 40.3 Å². The number of fused-ring (bicyclic) bond motifs is 3. The Morgan fingerprint density at radius 2 is 1.81 bits per heavy atom. The lowest BCUT2D eigenvalue weighted by molar-refractivity contribution is -0.125. The van der Waals surface area contributed by atoms with Crippen molar-refractivity contribution < 1.29 is 9.59 Å². The molecule has 6 nitrogen and oxygen atoms in total. The third-order valence-corrected chi connectivity index (χ3v) is 6.50. The predicted molar refractivity (Wildman–Crippen MR) is 130 cm³/mol. The summed E-state index contributed by atoms with van der Waals surface area (Å²) in [7, 11) is 0. The average Bonchev–Trinajstić information content (AvgIpc) is 3.10. The highest BCUT2D eigenvalue weighted by Crippen LogP contribution is 2.35. The summed E-state index contributed by atoms with van der Waals surface area (Å²) < 4.78 is 0. The van der Waals surface area contributed by atoms with Crippen LogP contribution in [0, 0.1) is 5.92 Å². The minimum absolute atomic E-state index is 0.0638. The second kappa shape index (κ2) is 9.69. The third kappa shape index (κ3) is 4.78.